The molecule has 2 heteroatoms. The Hall–Kier alpha value is 0.01000. The van der Waals surface area contributed by atoms with Gasteiger partial charge in [-0.2, -0.15) is 0 Å². The maximum atomic E-state index is 5.45. The van der Waals surface area contributed by atoms with Gasteiger partial charge in [0.05, 0.1) is 3.42 Å². The fourth-order valence-electron chi connectivity index (χ4n) is 2.14. The molecule has 0 aromatic heterocycles. The van der Waals surface area contributed by atoms with Gasteiger partial charge < -0.3 is 5.73 Å². The molecule has 2 aliphatic rings. The predicted octanol–water partition coefficient (Wildman–Crippen LogP) is 2.47. The van der Waals surface area contributed by atoms with Gasteiger partial charge in [0.25, 0.3) is 0 Å². The van der Waals surface area contributed by atoms with Crippen molar-refractivity contribution in [1.29, 1.82) is 0 Å². The first-order valence-electron chi connectivity index (χ1n) is 4.45. The minimum absolute atomic E-state index is 0.185. The predicted molar refractivity (Wildman–Crippen MR) is 60.0 cm³/mol. The second kappa shape index (κ2) is 2.76. The summed E-state index contributed by atoms with van der Waals surface area (Å²) < 4.78 is 0.185. The minimum atomic E-state index is 0.185. The van der Waals surface area contributed by atoms with E-state index in [9.17, 15) is 0 Å². The molecular weight excluding hydrogens is 261 g/mol. The number of fused-ring (bicyclic) bond motifs is 1. The van der Waals surface area contributed by atoms with Gasteiger partial charge >= 0.3 is 0 Å². The molecule has 4 unspecified atom stereocenters. The third-order valence-electron chi connectivity index (χ3n) is 3.18. The molecule has 1 fully saturated rings. The average Bonchev–Trinajstić information content (AvgIpc) is 2.78. The molecule has 12 heavy (non-hydrogen) atoms. The number of hydrogen-bond acceptors (Lipinski definition) is 1. The summed E-state index contributed by atoms with van der Waals surface area (Å²) in [7, 11) is 0. The van der Waals surface area contributed by atoms with Crippen LogP contribution in [0.4, 0.5) is 0 Å². The highest BCUT2D eigenvalue weighted by Gasteiger charge is 2.49. The largest absolute Gasteiger partial charge is 0.405 e. The lowest BCUT2D eigenvalue weighted by Gasteiger charge is -2.30. The fraction of sp³-hybridized carbons (Fsp3) is 0.600. The zero-order valence-corrected chi connectivity index (χ0v) is 9.36. The van der Waals surface area contributed by atoms with Gasteiger partial charge in [-0.1, -0.05) is 41.7 Å². The summed E-state index contributed by atoms with van der Waals surface area (Å²) in [5.41, 5.74) is 5.45. The van der Waals surface area contributed by atoms with Crippen molar-refractivity contribution in [3.8, 4) is 0 Å². The van der Waals surface area contributed by atoms with Crippen molar-refractivity contribution in [3.05, 3.63) is 24.4 Å². The standard InChI is InChI=1S/C10H14IN/c1-7-9-6-8(9)2-3-10(7,11)4-5-12/h2-5,7-9H,6,12H2,1H3/b5-4-. The van der Waals surface area contributed by atoms with Gasteiger partial charge in [-0.25, -0.2) is 0 Å². The first kappa shape index (κ1) is 8.60. The minimum Gasteiger partial charge on any atom is -0.405 e. The van der Waals surface area contributed by atoms with E-state index in [2.05, 4.69) is 47.7 Å². The molecule has 0 aromatic carbocycles. The van der Waals surface area contributed by atoms with Gasteiger partial charge in [-0.3, -0.25) is 0 Å². The molecule has 0 spiro atoms. The molecule has 0 aromatic rings. The van der Waals surface area contributed by atoms with E-state index in [1.54, 1.807) is 6.20 Å². The first-order valence-corrected chi connectivity index (χ1v) is 5.53. The number of alkyl halides is 1. The summed E-state index contributed by atoms with van der Waals surface area (Å²) in [5.74, 6) is 2.55. The van der Waals surface area contributed by atoms with Crippen LogP contribution in [0.5, 0.6) is 0 Å². The third kappa shape index (κ3) is 1.20. The van der Waals surface area contributed by atoms with Crippen molar-refractivity contribution < 1.29 is 0 Å². The molecule has 0 bridgehead atoms. The van der Waals surface area contributed by atoms with Crippen LogP contribution in [0.25, 0.3) is 0 Å². The van der Waals surface area contributed by atoms with E-state index < -0.39 is 0 Å². The lowest BCUT2D eigenvalue weighted by molar-refractivity contribution is 0.453. The number of nitrogens with two attached hydrogens (primary N) is 1. The fourth-order valence-corrected chi connectivity index (χ4v) is 3.01. The Kier molecular flexibility index (Phi) is 1.97. The van der Waals surface area contributed by atoms with Crippen molar-refractivity contribution in [1.82, 2.24) is 0 Å². The molecule has 2 aliphatic carbocycles. The topological polar surface area (TPSA) is 26.0 Å². The molecule has 0 radical (unpaired) electrons. The van der Waals surface area contributed by atoms with Gasteiger partial charge in [0, 0.05) is 0 Å². The molecule has 0 heterocycles. The van der Waals surface area contributed by atoms with Crippen LogP contribution < -0.4 is 5.73 Å². The number of hydrogen-bond donors (Lipinski definition) is 1. The SMILES string of the molecule is CC1C2CC2C=CC1(I)/C=C\N. The molecule has 0 saturated heterocycles. The Morgan fingerprint density at radius 1 is 1.67 bits per heavy atom. The number of allylic oxidation sites excluding steroid dienone is 3. The van der Waals surface area contributed by atoms with Crippen LogP contribution in [-0.4, -0.2) is 3.42 Å². The van der Waals surface area contributed by atoms with Crippen LogP contribution >= 0.6 is 22.6 Å². The highest BCUT2D eigenvalue weighted by Crippen LogP contribution is 2.55. The Balaban J connectivity index is 2.25. The van der Waals surface area contributed by atoms with Crippen LogP contribution in [-0.2, 0) is 0 Å². The summed E-state index contributed by atoms with van der Waals surface area (Å²) in [6, 6.07) is 0. The van der Waals surface area contributed by atoms with E-state index in [1.165, 1.54) is 6.42 Å². The maximum Gasteiger partial charge on any atom is 0.0625 e. The average molecular weight is 275 g/mol. The van der Waals surface area contributed by atoms with E-state index in [0.29, 0.717) is 0 Å². The van der Waals surface area contributed by atoms with Gasteiger partial charge in [0.15, 0.2) is 0 Å². The Labute approximate surface area is 87.2 Å². The number of rotatable bonds is 1. The van der Waals surface area contributed by atoms with Gasteiger partial charge in [0.1, 0.15) is 0 Å². The normalized spacial score (nSPS) is 51.0. The van der Waals surface area contributed by atoms with Crippen molar-refractivity contribution in [2.24, 2.45) is 23.5 Å². The van der Waals surface area contributed by atoms with Crippen molar-refractivity contribution in [2.75, 3.05) is 0 Å². The van der Waals surface area contributed by atoms with Crippen LogP contribution in [0.2, 0.25) is 0 Å². The van der Waals surface area contributed by atoms with E-state index in [0.717, 1.165) is 17.8 Å². The lowest BCUT2D eigenvalue weighted by atomic mass is 9.85. The van der Waals surface area contributed by atoms with Crippen molar-refractivity contribution >= 4 is 22.6 Å². The second-order valence-electron chi connectivity index (χ2n) is 3.90. The highest BCUT2D eigenvalue weighted by molar-refractivity contribution is 14.1. The number of halogens is 1. The molecule has 4 atom stereocenters. The van der Waals surface area contributed by atoms with E-state index in [1.807, 2.05) is 0 Å². The van der Waals surface area contributed by atoms with Gasteiger partial charge in [-0.05, 0) is 36.5 Å². The smallest absolute Gasteiger partial charge is 0.0625 e. The summed E-state index contributed by atoms with van der Waals surface area (Å²) in [5, 5.41) is 0. The summed E-state index contributed by atoms with van der Waals surface area (Å²) in [6.45, 7) is 2.33. The van der Waals surface area contributed by atoms with Crippen LogP contribution in [0, 0.1) is 17.8 Å². The van der Waals surface area contributed by atoms with Crippen LogP contribution in [0.1, 0.15) is 13.3 Å². The monoisotopic (exact) mass is 275 g/mol. The second-order valence-corrected chi connectivity index (χ2v) is 5.77. The van der Waals surface area contributed by atoms with Crippen LogP contribution in [0.15, 0.2) is 24.4 Å². The zero-order valence-electron chi connectivity index (χ0n) is 7.20. The van der Waals surface area contributed by atoms with Crippen molar-refractivity contribution in [3.63, 3.8) is 0 Å². The molecule has 1 saturated carbocycles. The molecule has 2 N–H and O–H groups in total. The highest BCUT2D eigenvalue weighted by atomic mass is 127. The molecule has 66 valence electrons. The maximum absolute atomic E-state index is 5.45. The lowest BCUT2D eigenvalue weighted by Crippen LogP contribution is -2.29. The molecule has 0 amide bonds. The molecule has 0 aliphatic heterocycles. The van der Waals surface area contributed by atoms with E-state index >= 15 is 0 Å². The summed E-state index contributed by atoms with van der Waals surface area (Å²) in [4.78, 5) is 0. The van der Waals surface area contributed by atoms with E-state index in [4.69, 9.17) is 5.73 Å². The quantitative estimate of drug-likeness (QED) is 0.444. The zero-order chi connectivity index (χ0) is 8.77. The molecule has 2 rings (SSSR count). The van der Waals surface area contributed by atoms with Crippen molar-refractivity contribution in [2.45, 2.75) is 16.8 Å². The van der Waals surface area contributed by atoms with Crippen LogP contribution in [0.3, 0.4) is 0 Å². The molecule has 1 nitrogen and oxygen atoms in total. The Bertz CT molecular complexity index is 246. The molecular formula is C10H14IN. The van der Waals surface area contributed by atoms with Gasteiger partial charge in [-0.15, -0.1) is 0 Å². The summed E-state index contributed by atoms with van der Waals surface area (Å²) >= 11 is 2.50. The Morgan fingerprint density at radius 3 is 3.08 bits per heavy atom. The van der Waals surface area contributed by atoms with Gasteiger partial charge in [0.2, 0.25) is 0 Å². The Morgan fingerprint density at radius 2 is 2.42 bits per heavy atom. The first-order chi connectivity index (χ1) is 5.67. The van der Waals surface area contributed by atoms with E-state index in [-0.39, 0.29) is 3.42 Å². The third-order valence-corrected chi connectivity index (χ3v) is 4.88. The summed E-state index contributed by atoms with van der Waals surface area (Å²) in [6.07, 6.45) is 9.85.